The van der Waals surface area contributed by atoms with E-state index in [1.807, 2.05) is 24.3 Å². The molecule has 0 saturated carbocycles. The van der Waals surface area contributed by atoms with Crippen molar-refractivity contribution in [2.24, 2.45) is 5.10 Å². The van der Waals surface area contributed by atoms with Crippen molar-refractivity contribution >= 4 is 28.6 Å². The van der Waals surface area contributed by atoms with Crippen molar-refractivity contribution in [3.63, 3.8) is 0 Å². The number of benzene rings is 3. The highest BCUT2D eigenvalue weighted by atomic mass is 16.6. The third kappa shape index (κ3) is 4.12. The largest absolute Gasteiger partial charge is 0.507 e. The van der Waals surface area contributed by atoms with E-state index in [4.69, 9.17) is 9.15 Å². The van der Waals surface area contributed by atoms with Crippen LogP contribution in [0.25, 0.3) is 22.1 Å². The van der Waals surface area contributed by atoms with Gasteiger partial charge in [-0.3, -0.25) is 14.9 Å². The number of hydrogen-bond donors (Lipinski definition) is 2. The van der Waals surface area contributed by atoms with E-state index in [1.54, 1.807) is 18.2 Å². The number of carbonyl (C=O) groups is 1. The number of non-ortho nitro benzene ring substituents is 1. The number of rotatable bonds is 6. The lowest BCUT2D eigenvalue weighted by atomic mass is 10.1. The minimum Gasteiger partial charge on any atom is -0.507 e. The first-order valence-corrected chi connectivity index (χ1v) is 9.44. The first kappa shape index (κ1) is 20.6. The standard InChI is InChI=1S/C23H17N3O6/c1-31-21-8-6-16(26(29)30)12-19(21)22-9-7-17(32-22)13-24-25-23(28)18-10-14-4-2-3-5-15(14)11-20(18)27/h2-13,27H,1H3,(H,25,28). The second kappa shape index (κ2) is 8.60. The average molecular weight is 431 g/mol. The molecular formula is C23H17N3O6. The Labute approximate surface area is 181 Å². The summed E-state index contributed by atoms with van der Waals surface area (Å²) in [7, 11) is 1.45. The first-order valence-electron chi connectivity index (χ1n) is 9.44. The molecule has 0 fully saturated rings. The zero-order chi connectivity index (χ0) is 22.7. The summed E-state index contributed by atoms with van der Waals surface area (Å²) in [4.78, 5) is 23.0. The highest BCUT2D eigenvalue weighted by Crippen LogP contribution is 2.34. The number of nitrogens with zero attached hydrogens (tertiary/aromatic N) is 2. The molecular weight excluding hydrogens is 414 g/mol. The van der Waals surface area contributed by atoms with Gasteiger partial charge in [0.25, 0.3) is 11.6 Å². The lowest BCUT2D eigenvalue weighted by molar-refractivity contribution is -0.384. The molecule has 0 radical (unpaired) electrons. The number of ether oxygens (including phenoxy) is 1. The summed E-state index contributed by atoms with van der Waals surface area (Å²) in [6.07, 6.45) is 1.28. The Balaban J connectivity index is 1.51. The number of amides is 1. The quantitative estimate of drug-likeness (QED) is 0.263. The van der Waals surface area contributed by atoms with Crippen LogP contribution >= 0.6 is 0 Å². The molecule has 0 aliphatic heterocycles. The van der Waals surface area contributed by atoms with E-state index in [0.717, 1.165) is 10.8 Å². The van der Waals surface area contributed by atoms with Gasteiger partial charge in [0.1, 0.15) is 23.0 Å². The molecule has 3 aromatic carbocycles. The third-order valence-corrected chi connectivity index (χ3v) is 4.75. The van der Waals surface area contributed by atoms with Crippen molar-refractivity contribution in [2.75, 3.05) is 7.11 Å². The van der Waals surface area contributed by atoms with Crippen LogP contribution in [0.2, 0.25) is 0 Å². The molecule has 160 valence electrons. The van der Waals surface area contributed by atoms with E-state index in [-0.39, 0.29) is 17.0 Å². The third-order valence-electron chi connectivity index (χ3n) is 4.75. The number of nitro groups is 1. The van der Waals surface area contributed by atoms with Crippen LogP contribution in [0.5, 0.6) is 11.5 Å². The van der Waals surface area contributed by atoms with Crippen LogP contribution in [0.15, 0.2) is 76.2 Å². The molecule has 1 heterocycles. The van der Waals surface area contributed by atoms with Crippen molar-refractivity contribution in [1.29, 1.82) is 0 Å². The predicted molar refractivity (Wildman–Crippen MR) is 118 cm³/mol. The maximum absolute atomic E-state index is 12.4. The van der Waals surface area contributed by atoms with Gasteiger partial charge in [-0.2, -0.15) is 5.10 Å². The van der Waals surface area contributed by atoms with Gasteiger partial charge < -0.3 is 14.3 Å². The number of nitrogens with one attached hydrogen (secondary N) is 1. The topological polar surface area (TPSA) is 127 Å². The summed E-state index contributed by atoms with van der Waals surface area (Å²) >= 11 is 0. The molecule has 9 nitrogen and oxygen atoms in total. The van der Waals surface area contributed by atoms with Gasteiger partial charge >= 0.3 is 0 Å². The molecule has 32 heavy (non-hydrogen) atoms. The molecule has 0 saturated heterocycles. The number of aromatic hydroxyl groups is 1. The highest BCUT2D eigenvalue weighted by molar-refractivity contribution is 6.01. The lowest BCUT2D eigenvalue weighted by Crippen LogP contribution is -2.17. The number of carbonyl (C=O) groups excluding carboxylic acids is 1. The van der Waals surface area contributed by atoms with Gasteiger partial charge in [-0.05, 0) is 41.1 Å². The van der Waals surface area contributed by atoms with Crippen molar-refractivity contribution in [3.8, 4) is 22.8 Å². The van der Waals surface area contributed by atoms with E-state index in [2.05, 4.69) is 10.5 Å². The van der Waals surface area contributed by atoms with E-state index >= 15 is 0 Å². The fourth-order valence-corrected chi connectivity index (χ4v) is 3.19. The molecule has 0 aliphatic carbocycles. The average Bonchev–Trinajstić information content (AvgIpc) is 3.26. The van der Waals surface area contributed by atoms with Crippen LogP contribution in [0.4, 0.5) is 5.69 Å². The zero-order valence-corrected chi connectivity index (χ0v) is 16.8. The zero-order valence-electron chi connectivity index (χ0n) is 16.8. The summed E-state index contributed by atoms with van der Waals surface area (Å²) < 4.78 is 10.9. The SMILES string of the molecule is COc1ccc([N+](=O)[O-])cc1-c1ccc(C=NNC(=O)c2cc3ccccc3cc2O)o1. The molecule has 4 aromatic rings. The van der Waals surface area contributed by atoms with E-state index in [1.165, 1.54) is 37.6 Å². The lowest BCUT2D eigenvalue weighted by Gasteiger charge is -2.06. The number of hydrazone groups is 1. The Morgan fingerprint density at radius 3 is 2.59 bits per heavy atom. The normalized spacial score (nSPS) is 11.0. The summed E-state index contributed by atoms with van der Waals surface area (Å²) in [5.41, 5.74) is 2.74. The molecule has 0 unspecified atom stereocenters. The molecule has 1 amide bonds. The van der Waals surface area contributed by atoms with E-state index in [0.29, 0.717) is 22.8 Å². The van der Waals surface area contributed by atoms with Gasteiger partial charge in [-0.25, -0.2) is 5.43 Å². The molecule has 4 rings (SSSR count). The summed E-state index contributed by atoms with van der Waals surface area (Å²) in [6, 6.07) is 17.8. The highest BCUT2D eigenvalue weighted by Gasteiger charge is 2.16. The molecule has 0 aliphatic rings. The van der Waals surface area contributed by atoms with Gasteiger partial charge in [0.05, 0.1) is 29.4 Å². The van der Waals surface area contributed by atoms with Crippen LogP contribution in [-0.2, 0) is 0 Å². The molecule has 0 bridgehead atoms. The summed E-state index contributed by atoms with van der Waals surface area (Å²) in [5.74, 6) is 0.307. The Morgan fingerprint density at radius 2 is 1.88 bits per heavy atom. The Morgan fingerprint density at radius 1 is 1.12 bits per heavy atom. The van der Waals surface area contributed by atoms with E-state index in [9.17, 15) is 20.0 Å². The van der Waals surface area contributed by atoms with Crippen molar-refractivity contribution in [3.05, 3.63) is 88.2 Å². The molecule has 0 atom stereocenters. The minimum absolute atomic E-state index is 0.0855. The first-order chi connectivity index (χ1) is 15.5. The summed E-state index contributed by atoms with van der Waals surface area (Å²) in [6.45, 7) is 0. The number of furan rings is 1. The Hall–Kier alpha value is -4.66. The van der Waals surface area contributed by atoms with Crippen LogP contribution < -0.4 is 10.2 Å². The Kier molecular flexibility index (Phi) is 5.54. The smallest absolute Gasteiger partial charge is 0.275 e. The van der Waals surface area contributed by atoms with E-state index < -0.39 is 10.8 Å². The fourth-order valence-electron chi connectivity index (χ4n) is 3.19. The van der Waals surface area contributed by atoms with Gasteiger partial charge in [-0.15, -0.1) is 0 Å². The van der Waals surface area contributed by atoms with Gasteiger partial charge in [0.15, 0.2) is 0 Å². The number of methoxy groups -OCH3 is 1. The van der Waals surface area contributed by atoms with Crippen molar-refractivity contribution < 1.29 is 24.0 Å². The molecule has 0 spiro atoms. The number of hydrogen-bond acceptors (Lipinski definition) is 7. The Bertz CT molecular complexity index is 1360. The second-order valence-corrected chi connectivity index (χ2v) is 6.76. The molecule has 9 heteroatoms. The fraction of sp³-hybridized carbons (Fsp3) is 0.0435. The van der Waals surface area contributed by atoms with Gasteiger partial charge in [0, 0.05) is 12.1 Å². The maximum atomic E-state index is 12.4. The monoisotopic (exact) mass is 431 g/mol. The van der Waals surface area contributed by atoms with Crippen LogP contribution in [0.3, 0.4) is 0 Å². The number of phenolic OH excluding ortho intramolecular Hbond substituents is 1. The maximum Gasteiger partial charge on any atom is 0.275 e. The molecule has 1 aromatic heterocycles. The van der Waals surface area contributed by atoms with Crippen LogP contribution in [0.1, 0.15) is 16.1 Å². The second-order valence-electron chi connectivity index (χ2n) is 6.76. The molecule has 2 N–H and O–H groups in total. The van der Waals surface area contributed by atoms with Gasteiger partial charge in [-0.1, -0.05) is 24.3 Å². The number of nitro benzene ring substituents is 1. The summed E-state index contributed by atoms with van der Waals surface area (Å²) in [5, 5.41) is 26.7. The predicted octanol–water partition coefficient (Wildman–Crippen LogP) is 4.49. The number of phenols is 1. The van der Waals surface area contributed by atoms with Gasteiger partial charge in [0.2, 0.25) is 0 Å². The van der Waals surface area contributed by atoms with Crippen LogP contribution in [-0.4, -0.2) is 29.3 Å². The minimum atomic E-state index is -0.586. The van der Waals surface area contributed by atoms with Crippen molar-refractivity contribution in [1.82, 2.24) is 5.43 Å². The number of fused-ring (bicyclic) bond motifs is 1. The van der Waals surface area contributed by atoms with Crippen molar-refractivity contribution in [2.45, 2.75) is 0 Å². The van der Waals surface area contributed by atoms with Crippen LogP contribution in [0, 0.1) is 10.1 Å².